The van der Waals surface area contributed by atoms with E-state index >= 15 is 0 Å². The highest BCUT2D eigenvalue weighted by Crippen LogP contribution is 2.18. The van der Waals surface area contributed by atoms with Crippen molar-refractivity contribution in [3.8, 4) is 0 Å². The molecule has 0 unspecified atom stereocenters. The number of aromatic nitrogens is 1. The van der Waals surface area contributed by atoms with Crippen molar-refractivity contribution in [2.24, 2.45) is 5.92 Å². The molecule has 0 bridgehead atoms. The summed E-state index contributed by atoms with van der Waals surface area (Å²) in [4.78, 5) is 33.3. The van der Waals surface area contributed by atoms with Gasteiger partial charge in [0, 0.05) is 50.8 Å². The first-order valence-electron chi connectivity index (χ1n) is 9.78. The number of rotatable bonds is 5. The largest absolute Gasteiger partial charge is 0.368 e. The molecule has 148 valence electrons. The van der Waals surface area contributed by atoms with Crippen molar-refractivity contribution in [3.05, 3.63) is 59.4 Å². The highest BCUT2D eigenvalue weighted by Gasteiger charge is 2.23. The van der Waals surface area contributed by atoms with Crippen molar-refractivity contribution in [1.29, 1.82) is 0 Å². The van der Waals surface area contributed by atoms with Gasteiger partial charge >= 0.3 is 0 Å². The molecule has 1 N–H and O–H groups in total. The molecule has 0 radical (unpaired) electrons. The van der Waals surface area contributed by atoms with E-state index in [4.69, 9.17) is 0 Å². The van der Waals surface area contributed by atoms with E-state index in [9.17, 15) is 9.59 Å². The number of piperazine rings is 1. The van der Waals surface area contributed by atoms with E-state index < -0.39 is 0 Å². The second-order valence-electron chi connectivity index (χ2n) is 7.68. The highest BCUT2D eigenvalue weighted by atomic mass is 16.2. The summed E-state index contributed by atoms with van der Waals surface area (Å²) in [7, 11) is 0. The van der Waals surface area contributed by atoms with Gasteiger partial charge in [-0.3, -0.25) is 14.6 Å². The topological polar surface area (TPSA) is 65.5 Å². The third-order valence-electron chi connectivity index (χ3n) is 4.85. The fourth-order valence-electron chi connectivity index (χ4n) is 3.25. The van der Waals surface area contributed by atoms with Crippen LogP contribution in [0.1, 0.15) is 40.1 Å². The average molecular weight is 380 g/mol. The summed E-state index contributed by atoms with van der Waals surface area (Å²) in [5.74, 6) is 0.0986. The van der Waals surface area contributed by atoms with Crippen LogP contribution in [0.5, 0.6) is 0 Å². The van der Waals surface area contributed by atoms with Crippen LogP contribution in [-0.4, -0.2) is 54.4 Å². The Morgan fingerprint density at radius 2 is 1.79 bits per heavy atom. The quantitative estimate of drug-likeness (QED) is 0.866. The van der Waals surface area contributed by atoms with E-state index in [1.165, 1.54) is 23.6 Å². The van der Waals surface area contributed by atoms with Crippen LogP contribution in [0, 0.1) is 12.8 Å². The third-order valence-corrected chi connectivity index (χ3v) is 4.85. The smallest absolute Gasteiger partial charge is 0.255 e. The highest BCUT2D eigenvalue weighted by molar-refractivity contribution is 5.99. The molecule has 0 saturated carbocycles. The van der Waals surface area contributed by atoms with Crippen LogP contribution in [0.4, 0.5) is 5.69 Å². The molecule has 2 heterocycles. The van der Waals surface area contributed by atoms with Crippen LogP contribution in [0.2, 0.25) is 0 Å². The number of aryl methyl sites for hydroxylation is 1. The lowest BCUT2D eigenvalue weighted by Crippen LogP contribution is -2.48. The summed E-state index contributed by atoms with van der Waals surface area (Å²) in [6.07, 6.45) is 3.04. The molecule has 0 aliphatic carbocycles. The molecule has 0 atom stereocenters. The lowest BCUT2D eigenvalue weighted by Gasteiger charge is -2.36. The zero-order valence-electron chi connectivity index (χ0n) is 16.8. The van der Waals surface area contributed by atoms with Crippen LogP contribution in [0.25, 0.3) is 0 Å². The van der Waals surface area contributed by atoms with Gasteiger partial charge in [0.2, 0.25) is 0 Å². The first kappa shape index (κ1) is 19.9. The van der Waals surface area contributed by atoms with E-state index in [0.717, 1.165) is 13.1 Å². The van der Waals surface area contributed by atoms with Gasteiger partial charge in [-0.2, -0.15) is 0 Å². The van der Waals surface area contributed by atoms with Crippen molar-refractivity contribution in [2.75, 3.05) is 37.6 Å². The van der Waals surface area contributed by atoms with Crippen LogP contribution >= 0.6 is 0 Å². The number of amides is 2. The SMILES string of the molecule is Cc1cccc(N2CCN(C(=O)c3cncc(C(=O)NCC(C)C)c3)CC2)c1. The van der Waals surface area contributed by atoms with E-state index in [0.29, 0.717) is 36.7 Å². The van der Waals surface area contributed by atoms with E-state index in [1.54, 1.807) is 6.07 Å². The summed E-state index contributed by atoms with van der Waals surface area (Å²) in [6.45, 7) is 9.63. The van der Waals surface area contributed by atoms with Crippen LogP contribution in [0.3, 0.4) is 0 Å². The molecule has 1 aromatic heterocycles. The maximum absolute atomic E-state index is 12.9. The van der Waals surface area contributed by atoms with Gasteiger partial charge in [-0.25, -0.2) is 0 Å². The van der Waals surface area contributed by atoms with Gasteiger partial charge in [-0.05, 0) is 36.6 Å². The molecule has 6 heteroatoms. The fourth-order valence-corrected chi connectivity index (χ4v) is 3.25. The number of hydrogen-bond donors (Lipinski definition) is 1. The summed E-state index contributed by atoms with van der Waals surface area (Å²) in [5.41, 5.74) is 3.30. The molecule has 6 nitrogen and oxygen atoms in total. The first-order valence-corrected chi connectivity index (χ1v) is 9.78. The second kappa shape index (κ2) is 8.87. The Bertz CT molecular complexity index is 842. The van der Waals surface area contributed by atoms with E-state index in [1.807, 2.05) is 18.7 Å². The maximum atomic E-state index is 12.9. The molecule has 0 spiro atoms. The summed E-state index contributed by atoms with van der Waals surface area (Å²) < 4.78 is 0. The number of pyridine rings is 1. The Morgan fingerprint density at radius 1 is 1.07 bits per heavy atom. The van der Waals surface area contributed by atoms with Crippen LogP contribution < -0.4 is 10.2 Å². The minimum absolute atomic E-state index is 0.0742. The predicted octanol–water partition coefficient (Wildman–Crippen LogP) is 2.74. The summed E-state index contributed by atoms with van der Waals surface area (Å²) in [5, 5.41) is 2.86. The Morgan fingerprint density at radius 3 is 2.46 bits per heavy atom. The van der Waals surface area contributed by atoms with Crippen molar-refractivity contribution < 1.29 is 9.59 Å². The fraction of sp³-hybridized carbons (Fsp3) is 0.409. The van der Waals surface area contributed by atoms with Gasteiger partial charge in [-0.15, -0.1) is 0 Å². The predicted molar refractivity (Wildman–Crippen MR) is 111 cm³/mol. The number of carbonyl (C=O) groups is 2. The van der Waals surface area contributed by atoms with Crippen molar-refractivity contribution >= 4 is 17.5 Å². The van der Waals surface area contributed by atoms with Gasteiger partial charge in [-0.1, -0.05) is 26.0 Å². The number of anilines is 1. The molecular formula is C22H28N4O2. The normalized spacial score (nSPS) is 14.3. The Hall–Kier alpha value is -2.89. The zero-order valence-corrected chi connectivity index (χ0v) is 16.8. The molecule has 1 aliphatic heterocycles. The lowest BCUT2D eigenvalue weighted by molar-refractivity contribution is 0.0746. The minimum atomic E-state index is -0.194. The molecule has 1 aliphatic rings. The van der Waals surface area contributed by atoms with E-state index in [-0.39, 0.29) is 11.8 Å². The minimum Gasteiger partial charge on any atom is -0.368 e. The van der Waals surface area contributed by atoms with E-state index in [2.05, 4.69) is 46.4 Å². The maximum Gasteiger partial charge on any atom is 0.255 e. The molecule has 1 saturated heterocycles. The van der Waals surface area contributed by atoms with Gasteiger partial charge in [0.25, 0.3) is 11.8 Å². The average Bonchev–Trinajstić information content (AvgIpc) is 2.71. The van der Waals surface area contributed by atoms with Gasteiger partial charge in [0.05, 0.1) is 11.1 Å². The molecule has 28 heavy (non-hydrogen) atoms. The number of hydrogen-bond acceptors (Lipinski definition) is 4. The second-order valence-corrected chi connectivity index (χ2v) is 7.68. The summed E-state index contributed by atoms with van der Waals surface area (Å²) in [6, 6.07) is 10.1. The third kappa shape index (κ3) is 4.88. The Labute approximate surface area is 166 Å². The Kier molecular flexibility index (Phi) is 6.29. The molecule has 3 rings (SSSR count). The molecular weight excluding hydrogens is 352 g/mol. The van der Waals surface area contributed by atoms with Gasteiger partial charge in [0.1, 0.15) is 0 Å². The number of nitrogens with zero attached hydrogens (tertiary/aromatic N) is 3. The van der Waals surface area contributed by atoms with Gasteiger partial charge < -0.3 is 15.1 Å². The molecule has 2 aromatic rings. The lowest BCUT2D eigenvalue weighted by atomic mass is 10.1. The van der Waals surface area contributed by atoms with Crippen molar-refractivity contribution in [1.82, 2.24) is 15.2 Å². The van der Waals surface area contributed by atoms with Crippen molar-refractivity contribution in [3.63, 3.8) is 0 Å². The monoisotopic (exact) mass is 380 g/mol. The molecule has 2 amide bonds. The summed E-state index contributed by atoms with van der Waals surface area (Å²) >= 11 is 0. The van der Waals surface area contributed by atoms with Gasteiger partial charge in [0.15, 0.2) is 0 Å². The molecule has 1 fully saturated rings. The number of carbonyl (C=O) groups excluding carboxylic acids is 2. The number of benzene rings is 1. The Balaban J connectivity index is 1.62. The van der Waals surface area contributed by atoms with Crippen LogP contribution in [0.15, 0.2) is 42.7 Å². The standard InChI is InChI=1S/C22H28N4O2/c1-16(2)13-24-21(27)18-12-19(15-23-14-18)22(28)26-9-7-25(8-10-26)20-6-4-5-17(3)11-20/h4-6,11-12,14-16H,7-10,13H2,1-3H3,(H,24,27). The zero-order chi connectivity index (χ0) is 20.1. The van der Waals surface area contributed by atoms with Crippen LogP contribution in [-0.2, 0) is 0 Å². The first-order chi connectivity index (χ1) is 13.4. The van der Waals surface area contributed by atoms with Crippen molar-refractivity contribution in [2.45, 2.75) is 20.8 Å². The number of nitrogens with one attached hydrogen (secondary N) is 1. The molecule has 1 aromatic carbocycles.